The van der Waals surface area contributed by atoms with Gasteiger partial charge in [-0.2, -0.15) is 0 Å². The summed E-state index contributed by atoms with van der Waals surface area (Å²) in [5, 5.41) is 4.63. The Morgan fingerprint density at radius 3 is 2.75 bits per heavy atom. The van der Waals surface area contributed by atoms with Gasteiger partial charge in [0, 0.05) is 16.6 Å². The van der Waals surface area contributed by atoms with Gasteiger partial charge in [0.25, 0.3) is 0 Å². The van der Waals surface area contributed by atoms with Gasteiger partial charge in [0.2, 0.25) is 0 Å². The zero-order valence-electron chi connectivity index (χ0n) is 10.7. The predicted octanol–water partition coefficient (Wildman–Crippen LogP) is 2.48. The van der Waals surface area contributed by atoms with Crippen LogP contribution in [0.1, 0.15) is 50.0 Å². The van der Waals surface area contributed by atoms with Crippen LogP contribution in [0.5, 0.6) is 0 Å². The van der Waals surface area contributed by atoms with E-state index in [9.17, 15) is 0 Å². The normalized spacial score (nSPS) is 14.1. The van der Waals surface area contributed by atoms with Crippen molar-refractivity contribution in [2.24, 2.45) is 5.73 Å². The Morgan fingerprint density at radius 2 is 2.25 bits per heavy atom. The fourth-order valence-electron chi connectivity index (χ4n) is 1.38. The van der Waals surface area contributed by atoms with Gasteiger partial charge in [-0.25, -0.2) is 4.98 Å². The molecule has 1 unspecified atom stereocenters. The molecule has 0 amide bonds. The van der Waals surface area contributed by atoms with E-state index in [1.165, 1.54) is 9.88 Å². The Labute approximate surface area is 102 Å². The van der Waals surface area contributed by atoms with Gasteiger partial charge >= 0.3 is 0 Å². The number of nitrogens with zero attached hydrogens (tertiary/aromatic N) is 1. The first kappa shape index (κ1) is 13.6. The topological polar surface area (TPSA) is 50.9 Å². The summed E-state index contributed by atoms with van der Waals surface area (Å²) in [6.45, 7) is 9.36. The molecule has 3 nitrogen and oxygen atoms in total. The molecule has 1 atom stereocenters. The molecule has 0 bridgehead atoms. The van der Waals surface area contributed by atoms with Crippen molar-refractivity contribution in [1.29, 1.82) is 0 Å². The monoisotopic (exact) mass is 241 g/mol. The minimum Gasteiger partial charge on any atom is -0.326 e. The van der Waals surface area contributed by atoms with E-state index in [0.29, 0.717) is 6.04 Å². The Hall–Kier alpha value is -0.450. The van der Waals surface area contributed by atoms with E-state index in [-0.39, 0.29) is 5.54 Å². The summed E-state index contributed by atoms with van der Waals surface area (Å²) in [4.78, 5) is 5.78. The minimum absolute atomic E-state index is 0.0931. The second-order valence-electron chi connectivity index (χ2n) is 4.93. The summed E-state index contributed by atoms with van der Waals surface area (Å²) in [5.74, 6) is 0. The largest absolute Gasteiger partial charge is 0.326 e. The van der Waals surface area contributed by atoms with Gasteiger partial charge in [-0.1, -0.05) is 6.92 Å². The van der Waals surface area contributed by atoms with Gasteiger partial charge in [-0.3, -0.25) is 0 Å². The van der Waals surface area contributed by atoms with Gasteiger partial charge in [-0.05, 0) is 40.2 Å². The molecule has 0 fully saturated rings. The molecule has 1 aromatic rings. The smallest absolute Gasteiger partial charge is 0.109 e. The van der Waals surface area contributed by atoms with E-state index >= 15 is 0 Å². The van der Waals surface area contributed by atoms with Crippen molar-refractivity contribution in [2.45, 2.75) is 52.1 Å². The quantitative estimate of drug-likeness (QED) is 0.804. The molecular formula is C12H23N3S. The van der Waals surface area contributed by atoms with Crippen LogP contribution in [0, 0.1) is 0 Å². The standard InChI is InChI=1S/C12H23N3S/c1-5-10-8-15-11(16-10)9(2)14-7-6-12(3,4)13/h8-9,14H,5-7,13H2,1-4H3. The van der Waals surface area contributed by atoms with Crippen LogP contribution >= 0.6 is 11.3 Å². The predicted molar refractivity (Wildman–Crippen MR) is 70.8 cm³/mol. The minimum atomic E-state index is -0.0931. The number of hydrogen-bond acceptors (Lipinski definition) is 4. The molecule has 0 spiro atoms. The highest BCUT2D eigenvalue weighted by atomic mass is 32.1. The third kappa shape index (κ3) is 4.60. The summed E-state index contributed by atoms with van der Waals surface area (Å²) in [7, 11) is 0. The Balaban J connectivity index is 2.37. The maximum Gasteiger partial charge on any atom is 0.109 e. The highest BCUT2D eigenvalue weighted by Gasteiger charge is 2.13. The number of aromatic nitrogens is 1. The first-order valence-electron chi connectivity index (χ1n) is 5.89. The third-order valence-electron chi connectivity index (χ3n) is 2.51. The van der Waals surface area contributed by atoms with Crippen molar-refractivity contribution in [2.75, 3.05) is 6.54 Å². The van der Waals surface area contributed by atoms with Crippen LogP contribution in [0.15, 0.2) is 6.20 Å². The van der Waals surface area contributed by atoms with E-state index in [1.807, 2.05) is 6.20 Å². The van der Waals surface area contributed by atoms with Gasteiger partial charge in [0.15, 0.2) is 0 Å². The molecule has 4 heteroatoms. The van der Waals surface area contributed by atoms with Crippen LogP contribution in [0.3, 0.4) is 0 Å². The number of hydrogen-bond donors (Lipinski definition) is 2. The van der Waals surface area contributed by atoms with Crippen molar-refractivity contribution in [3.05, 3.63) is 16.1 Å². The molecule has 0 saturated heterocycles. The van der Waals surface area contributed by atoms with Gasteiger partial charge in [0.1, 0.15) is 5.01 Å². The first-order chi connectivity index (χ1) is 7.42. The molecule has 0 aliphatic carbocycles. The molecule has 0 radical (unpaired) electrons. The molecule has 3 N–H and O–H groups in total. The van der Waals surface area contributed by atoms with Gasteiger partial charge in [-0.15, -0.1) is 11.3 Å². The molecule has 1 rings (SSSR count). The molecule has 0 saturated carbocycles. The van der Waals surface area contributed by atoms with Crippen LogP contribution in [-0.2, 0) is 6.42 Å². The van der Waals surface area contributed by atoms with Crippen LogP contribution in [-0.4, -0.2) is 17.1 Å². The van der Waals surface area contributed by atoms with E-state index < -0.39 is 0 Å². The first-order valence-corrected chi connectivity index (χ1v) is 6.71. The average Bonchev–Trinajstić information content (AvgIpc) is 2.63. The number of nitrogens with one attached hydrogen (secondary N) is 1. The van der Waals surface area contributed by atoms with Crippen molar-refractivity contribution in [3.8, 4) is 0 Å². The Bertz CT molecular complexity index is 314. The number of aryl methyl sites for hydroxylation is 1. The highest BCUT2D eigenvalue weighted by Crippen LogP contribution is 2.20. The summed E-state index contributed by atoms with van der Waals surface area (Å²) in [5.41, 5.74) is 5.84. The lowest BCUT2D eigenvalue weighted by Crippen LogP contribution is -2.36. The SMILES string of the molecule is CCc1cnc(C(C)NCCC(C)(C)N)s1. The van der Waals surface area contributed by atoms with E-state index in [1.54, 1.807) is 11.3 Å². The lowest BCUT2D eigenvalue weighted by atomic mass is 10.0. The van der Waals surface area contributed by atoms with Crippen LogP contribution in [0.25, 0.3) is 0 Å². The molecular weight excluding hydrogens is 218 g/mol. The molecule has 1 heterocycles. The van der Waals surface area contributed by atoms with Crippen LogP contribution in [0.2, 0.25) is 0 Å². The number of rotatable bonds is 6. The second-order valence-corrected chi connectivity index (χ2v) is 6.08. The van der Waals surface area contributed by atoms with Crippen molar-refractivity contribution >= 4 is 11.3 Å². The molecule has 0 aromatic carbocycles. The zero-order chi connectivity index (χ0) is 12.2. The third-order valence-corrected chi connectivity index (χ3v) is 3.83. The molecule has 0 aliphatic rings. The van der Waals surface area contributed by atoms with E-state index in [2.05, 4.69) is 38.0 Å². The summed E-state index contributed by atoms with van der Waals surface area (Å²) in [6.07, 6.45) is 4.02. The summed E-state index contributed by atoms with van der Waals surface area (Å²) < 4.78 is 0. The summed E-state index contributed by atoms with van der Waals surface area (Å²) in [6, 6.07) is 0.327. The van der Waals surface area contributed by atoms with Gasteiger partial charge in [0.05, 0.1) is 6.04 Å². The van der Waals surface area contributed by atoms with E-state index in [4.69, 9.17) is 5.73 Å². The lowest BCUT2D eigenvalue weighted by Gasteiger charge is -2.20. The fourth-order valence-corrected chi connectivity index (χ4v) is 2.27. The van der Waals surface area contributed by atoms with Crippen molar-refractivity contribution < 1.29 is 0 Å². The van der Waals surface area contributed by atoms with Crippen molar-refractivity contribution in [3.63, 3.8) is 0 Å². The van der Waals surface area contributed by atoms with Crippen molar-refractivity contribution in [1.82, 2.24) is 10.3 Å². The summed E-state index contributed by atoms with van der Waals surface area (Å²) >= 11 is 1.79. The van der Waals surface area contributed by atoms with Crippen LogP contribution in [0.4, 0.5) is 0 Å². The maximum atomic E-state index is 5.93. The maximum absolute atomic E-state index is 5.93. The number of nitrogens with two attached hydrogens (primary N) is 1. The zero-order valence-corrected chi connectivity index (χ0v) is 11.5. The number of thiazole rings is 1. The van der Waals surface area contributed by atoms with Crippen LogP contribution < -0.4 is 11.1 Å². The fraction of sp³-hybridized carbons (Fsp3) is 0.750. The average molecular weight is 241 g/mol. The Morgan fingerprint density at radius 1 is 1.56 bits per heavy atom. The Kier molecular flexibility index (Phi) is 4.89. The molecule has 16 heavy (non-hydrogen) atoms. The van der Waals surface area contributed by atoms with E-state index in [0.717, 1.165) is 19.4 Å². The molecule has 0 aliphatic heterocycles. The molecule has 1 aromatic heterocycles. The molecule has 92 valence electrons. The highest BCUT2D eigenvalue weighted by molar-refractivity contribution is 7.11. The second kappa shape index (κ2) is 5.75. The van der Waals surface area contributed by atoms with Gasteiger partial charge < -0.3 is 11.1 Å². The lowest BCUT2D eigenvalue weighted by molar-refractivity contribution is 0.436.